The van der Waals surface area contributed by atoms with Gasteiger partial charge in [0, 0.05) is 10.9 Å². The van der Waals surface area contributed by atoms with Crippen LogP contribution in [0.2, 0.25) is 0 Å². The van der Waals surface area contributed by atoms with E-state index >= 15 is 0 Å². The highest BCUT2D eigenvalue weighted by atomic mass is 32.2. The summed E-state index contributed by atoms with van der Waals surface area (Å²) in [5, 5.41) is 8.88. The number of thiocarbonyl (C=S) groups is 1. The van der Waals surface area contributed by atoms with E-state index in [1.807, 2.05) is 18.2 Å². The number of aromatic nitrogens is 1. The Labute approximate surface area is 120 Å². The number of aromatic carboxylic acids is 1. The van der Waals surface area contributed by atoms with Gasteiger partial charge in [-0.15, -0.1) is 11.8 Å². The van der Waals surface area contributed by atoms with Crippen molar-refractivity contribution in [2.24, 2.45) is 0 Å². The molecule has 0 aliphatic heterocycles. The summed E-state index contributed by atoms with van der Waals surface area (Å²) in [5.41, 5.74) is 2.15. The minimum Gasteiger partial charge on any atom is -0.478 e. The van der Waals surface area contributed by atoms with Gasteiger partial charge in [-0.1, -0.05) is 30.4 Å². The van der Waals surface area contributed by atoms with Gasteiger partial charge in [-0.05, 0) is 29.8 Å². The Balaban J connectivity index is 2.34. The average molecular weight is 289 g/mol. The van der Waals surface area contributed by atoms with Crippen molar-refractivity contribution in [3.8, 4) is 0 Å². The van der Waals surface area contributed by atoms with Crippen LogP contribution >= 0.6 is 24.0 Å². The van der Waals surface area contributed by atoms with Crippen LogP contribution < -0.4 is 0 Å². The van der Waals surface area contributed by atoms with Crippen LogP contribution in [0.4, 0.5) is 0 Å². The molecule has 0 saturated heterocycles. The van der Waals surface area contributed by atoms with Crippen molar-refractivity contribution in [3.63, 3.8) is 0 Å². The maximum Gasteiger partial charge on any atom is 0.335 e. The fourth-order valence-corrected chi connectivity index (χ4v) is 2.74. The maximum atomic E-state index is 10.8. The molecule has 1 unspecified atom stereocenters. The van der Waals surface area contributed by atoms with Crippen molar-refractivity contribution in [2.75, 3.05) is 0 Å². The van der Waals surface area contributed by atoms with Crippen LogP contribution in [-0.4, -0.2) is 20.8 Å². The summed E-state index contributed by atoms with van der Waals surface area (Å²) in [5.74, 6) is -0.927. The molecule has 1 aromatic carbocycles. The number of thioether (sulfide) groups is 1. The van der Waals surface area contributed by atoms with Crippen molar-refractivity contribution >= 4 is 34.6 Å². The van der Waals surface area contributed by atoms with Gasteiger partial charge in [0.1, 0.15) is 0 Å². The van der Waals surface area contributed by atoms with Crippen LogP contribution in [0, 0.1) is 0 Å². The van der Waals surface area contributed by atoms with Gasteiger partial charge in [0.25, 0.3) is 0 Å². The molecule has 0 aliphatic rings. The van der Waals surface area contributed by atoms with Crippen LogP contribution in [0.3, 0.4) is 0 Å². The number of benzene rings is 1. The molecule has 3 nitrogen and oxygen atoms in total. The number of pyridine rings is 1. The summed E-state index contributed by atoms with van der Waals surface area (Å²) < 4.78 is 1.60. The zero-order valence-corrected chi connectivity index (χ0v) is 11.5. The zero-order valence-electron chi connectivity index (χ0n) is 9.89. The van der Waals surface area contributed by atoms with E-state index in [9.17, 15) is 4.79 Å². The summed E-state index contributed by atoms with van der Waals surface area (Å²) in [7, 11) is 0. The van der Waals surface area contributed by atoms with Gasteiger partial charge in [0.05, 0.1) is 16.5 Å². The van der Waals surface area contributed by atoms with Gasteiger partial charge in [-0.3, -0.25) is 4.98 Å². The predicted molar refractivity (Wildman–Crippen MR) is 80.7 cm³/mol. The Bertz CT molecular complexity index is 570. The molecule has 19 heavy (non-hydrogen) atoms. The normalized spacial score (nSPS) is 11.8. The van der Waals surface area contributed by atoms with Gasteiger partial charge >= 0.3 is 5.97 Å². The number of hydrogen-bond donors (Lipinski definition) is 1. The van der Waals surface area contributed by atoms with Crippen molar-refractivity contribution in [1.29, 1.82) is 0 Å². The monoisotopic (exact) mass is 289 g/mol. The molecular weight excluding hydrogens is 278 g/mol. The molecular formula is C14H11NO2S2. The lowest BCUT2D eigenvalue weighted by Crippen LogP contribution is -2.01. The first-order valence-electron chi connectivity index (χ1n) is 5.55. The number of nitrogens with zero attached hydrogens (tertiary/aromatic N) is 1. The first-order chi connectivity index (χ1) is 9.22. The van der Waals surface area contributed by atoms with E-state index in [1.54, 1.807) is 35.2 Å². The van der Waals surface area contributed by atoms with Crippen LogP contribution in [-0.2, 0) is 0 Å². The molecule has 2 aromatic rings. The van der Waals surface area contributed by atoms with Gasteiger partial charge in [-0.25, -0.2) is 4.79 Å². The lowest BCUT2D eigenvalue weighted by atomic mass is 10.1. The fourth-order valence-electron chi connectivity index (χ4n) is 1.71. The highest BCUT2D eigenvalue weighted by Crippen LogP contribution is 2.33. The Morgan fingerprint density at radius 1 is 1.26 bits per heavy atom. The van der Waals surface area contributed by atoms with Crippen LogP contribution in [0.25, 0.3) is 0 Å². The molecule has 0 radical (unpaired) electrons. The standard InChI is InChI=1S/C14H11NO2S2/c16-14(17)11-6-4-10(5-7-11)13(19-9-18)12-3-1-2-8-15-12/h1-9,13H,(H,16,17). The third-order valence-corrected chi connectivity index (χ3v) is 3.84. The molecule has 1 heterocycles. The van der Waals surface area contributed by atoms with Crippen LogP contribution in [0.15, 0.2) is 48.7 Å². The van der Waals surface area contributed by atoms with Crippen LogP contribution in [0.1, 0.15) is 26.9 Å². The van der Waals surface area contributed by atoms with Gasteiger partial charge in [0.2, 0.25) is 0 Å². The molecule has 2 rings (SSSR count). The van der Waals surface area contributed by atoms with Gasteiger partial charge in [-0.2, -0.15) is 0 Å². The summed E-state index contributed by atoms with van der Waals surface area (Å²) in [6, 6.07) is 12.5. The van der Waals surface area contributed by atoms with Crippen molar-refractivity contribution in [3.05, 3.63) is 65.5 Å². The Kier molecular flexibility index (Phi) is 4.65. The highest BCUT2D eigenvalue weighted by Gasteiger charge is 2.15. The molecule has 1 N–H and O–H groups in total. The number of hydrogen-bond acceptors (Lipinski definition) is 4. The minimum absolute atomic E-state index is 0.0125. The third kappa shape index (κ3) is 3.39. The first kappa shape index (κ1) is 13.7. The Morgan fingerprint density at radius 3 is 2.53 bits per heavy atom. The zero-order chi connectivity index (χ0) is 13.7. The van der Waals surface area contributed by atoms with Gasteiger partial charge < -0.3 is 5.11 Å². The number of carbonyl (C=O) groups is 1. The van der Waals surface area contributed by atoms with E-state index in [1.165, 1.54) is 11.8 Å². The number of carboxylic acids is 1. The van der Waals surface area contributed by atoms with Crippen molar-refractivity contribution < 1.29 is 9.90 Å². The summed E-state index contributed by atoms with van der Waals surface area (Å²) >= 11 is 6.39. The summed E-state index contributed by atoms with van der Waals surface area (Å²) in [6.07, 6.45) is 1.73. The number of rotatable bonds is 5. The van der Waals surface area contributed by atoms with E-state index in [2.05, 4.69) is 4.98 Å². The highest BCUT2D eigenvalue weighted by molar-refractivity contribution is 8.21. The fraction of sp³-hybridized carbons (Fsp3) is 0.0714. The molecule has 96 valence electrons. The largest absolute Gasteiger partial charge is 0.478 e. The predicted octanol–water partition coefficient (Wildman–Crippen LogP) is 3.56. The van der Waals surface area contributed by atoms with Crippen molar-refractivity contribution in [1.82, 2.24) is 4.98 Å². The molecule has 0 fully saturated rings. The Morgan fingerprint density at radius 2 is 2.00 bits per heavy atom. The molecule has 1 aromatic heterocycles. The molecule has 0 spiro atoms. The summed E-state index contributed by atoms with van der Waals surface area (Å²) in [6.45, 7) is 0. The first-order valence-corrected chi connectivity index (χ1v) is 6.97. The van der Waals surface area contributed by atoms with E-state index in [0.29, 0.717) is 0 Å². The smallest absolute Gasteiger partial charge is 0.335 e. The second-order valence-corrected chi connectivity index (χ2v) is 5.31. The lowest BCUT2D eigenvalue weighted by Gasteiger charge is -2.14. The quantitative estimate of drug-likeness (QED) is 0.853. The lowest BCUT2D eigenvalue weighted by molar-refractivity contribution is 0.0697. The Hall–Kier alpha value is -1.72. The van der Waals surface area contributed by atoms with Crippen molar-refractivity contribution in [2.45, 2.75) is 5.25 Å². The second kappa shape index (κ2) is 6.45. The van der Waals surface area contributed by atoms with E-state index in [-0.39, 0.29) is 10.8 Å². The summed E-state index contributed by atoms with van der Waals surface area (Å²) in [4.78, 5) is 15.2. The molecule has 0 bridgehead atoms. The van der Waals surface area contributed by atoms with E-state index in [0.717, 1.165) is 11.3 Å². The minimum atomic E-state index is -0.927. The topological polar surface area (TPSA) is 50.2 Å². The molecule has 1 atom stereocenters. The van der Waals surface area contributed by atoms with Gasteiger partial charge in [0.15, 0.2) is 0 Å². The SMILES string of the molecule is O=C(O)c1ccc(C(SC=S)c2ccccn2)cc1. The van der Waals surface area contributed by atoms with Crippen LogP contribution in [0.5, 0.6) is 0 Å². The number of carboxylic acid groups (broad SMARTS) is 1. The molecule has 0 aliphatic carbocycles. The molecule has 5 heteroatoms. The second-order valence-electron chi connectivity index (χ2n) is 3.79. The third-order valence-electron chi connectivity index (χ3n) is 2.61. The van der Waals surface area contributed by atoms with E-state index in [4.69, 9.17) is 17.3 Å². The molecule has 0 saturated carbocycles. The van der Waals surface area contributed by atoms with E-state index < -0.39 is 5.97 Å². The molecule has 0 amide bonds. The average Bonchev–Trinajstić information content (AvgIpc) is 2.46. The maximum absolute atomic E-state index is 10.8.